The van der Waals surface area contributed by atoms with Gasteiger partial charge in [0, 0.05) is 0 Å². The Morgan fingerprint density at radius 2 is 1.78 bits per heavy atom. The van der Waals surface area contributed by atoms with E-state index in [1.54, 1.807) is 14.0 Å². The lowest BCUT2D eigenvalue weighted by Crippen LogP contribution is -2.28. The minimum absolute atomic E-state index is 0. The van der Waals surface area contributed by atoms with Crippen LogP contribution < -0.4 is 5.32 Å². The highest BCUT2D eigenvalue weighted by Gasteiger charge is 2.00. The van der Waals surface area contributed by atoms with Gasteiger partial charge in [-0.3, -0.25) is 4.79 Å². The Labute approximate surface area is 58.7 Å². The standard InChI is InChI=1S/C5H11NO.2CH4/c1-4(6-3)5(2)7;;/h4,6H,1-3H3;2*1H4. The van der Waals surface area contributed by atoms with Crippen LogP contribution in [0.4, 0.5) is 0 Å². The highest BCUT2D eigenvalue weighted by Crippen LogP contribution is 1.77. The predicted molar refractivity (Wildman–Crippen MR) is 42.7 cm³/mol. The van der Waals surface area contributed by atoms with Gasteiger partial charge >= 0.3 is 0 Å². The number of rotatable bonds is 2. The van der Waals surface area contributed by atoms with Crippen LogP contribution in [-0.4, -0.2) is 18.9 Å². The lowest BCUT2D eigenvalue weighted by molar-refractivity contribution is -0.118. The molecular formula is C7H19NO. The molecule has 0 aliphatic rings. The molecule has 58 valence electrons. The molecule has 0 aromatic carbocycles. The summed E-state index contributed by atoms with van der Waals surface area (Å²) in [5.41, 5.74) is 0. The second-order valence-corrected chi connectivity index (χ2v) is 1.62. The van der Waals surface area contributed by atoms with E-state index in [1.807, 2.05) is 6.92 Å². The fourth-order valence-electron chi connectivity index (χ4n) is 0.203. The molecule has 0 rings (SSSR count). The van der Waals surface area contributed by atoms with Crippen molar-refractivity contribution in [2.45, 2.75) is 34.7 Å². The van der Waals surface area contributed by atoms with Crippen molar-refractivity contribution in [3.8, 4) is 0 Å². The third-order valence-electron chi connectivity index (χ3n) is 1.04. The Morgan fingerprint density at radius 3 is 1.78 bits per heavy atom. The number of carbonyl (C=O) groups is 1. The van der Waals surface area contributed by atoms with E-state index >= 15 is 0 Å². The first kappa shape index (κ1) is 15.9. The molecule has 1 atom stereocenters. The fraction of sp³-hybridized carbons (Fsp3) is 0.857. The average molecular weight is 133 g/mol. The molecule has 0 aromatic rings. The van der Waals surface area contributed by atoms with E-state index in [2.05, 4.69) is 5.32 Å². The zero-order chi connectivity index (χ0) is 5.86. The Balaban J connectivity index is -0.000000180. The predicted octanol–water partition coefficient (Wildman–Crippen LogP) is 1.46. The summed E-state index contributed by atoms with van der Waals surface area (Å²) in [5.74, 6) is 0.183. The molecule has 2 heteroatoms. The zero-order valence-electron chi connectivity index (χ0n) is 4.99. The Hall–Kier alpha value is -0.370. The van der Waals surface area contributed by atoms with Gasteiger partial charge < -0.3 is 5.32 Å². The van der Waals surface area contributed by atoms with Gasteiger partial charge in [-0.15, -0.1) is 0 Å². The largest absolute Gasteiger partial charge is 0.311 e. The van der Waals surface area contributed by atoms with Crippen molar-refractivity contribution in [2.75, 3.05) is 7.05 Å². The molecule has 0 aliphatic carbocycles. The van der Waals surface area contributed by atoms with Gasteiger partial charge in [-0.05, 0) is 20.9 Å². The van der Waals surface area contributed by atoms with Crippen molar-refractivity contribution in [1.82, 2.24) is 5.32 Å². The SMILES string of the molecule is C.C.CNC(C)C(C)=O. The molecule has 0 fully saturated rings. The van der Waals surface area contributed by atoms with Crippen molar-refractivity contribution in [3.63, 3.8) is 0 Å². The molecule has 0 amide bonds. The third-order valence-corrected chi connectivity index (χ3v) is 1.04. The third kappa shape index (κ3) is 7.63. The maximum atomic E-state index is 10.3. The summed E-state index contributed by atoms with van der Waals surface area (Å²) < 4.78 is 0. The Kier molecular flexibility index (Phi) is 13.4. The quantitative estimate of drug-likeness (QED) is 0.618. The maximum Gasteiger partial charge on any atom is 0.146 e. The van der Waals surface area contributed by atoms with Crippen LogP contribution in [0, 0.1) is 0 Å². The van der Waals surface area contributed by atoms with Gasteiger partial charge in [0.25, 0.3) is 0 Å². The summed E-state index contributed by atoms with van der Waals surface area (Å²) in [6.07, 6.45) is 0. The van der Waals surface area contributed by atoms with Gasteiger partial charge in [0.1, 0.15) is 5.78 Å². The van der Waals surface area contributed by atoms with Crippen molar-refractivity contribution in [2.24, 2.45) is 0 Å². The Morgan fingerprint density at radius 1 is 1.44 bits per heavy atom. The van der Waals surface area contributed by atoms with Crippen LogP contribution in [0.1, 0.15) is 28.7 Å². The van der Waals surface area contributed by atoms with E-state index in [-0.39, 0.29) is 26.7 Å². The molecule has 0 aliphatic heterocycles. The number of Topliss-reactive ketones (excluding diaryl/α,β-unsaturated/α-hetero) is 1. The molecule has 0 saturated heterocycles. The normalized spacial score (nSPS) is 10.6. The summed E-state index contributed by atoms with van der Waals surface area (Å²) >= 11 is 0. The first-order chi connectivity index (χ1) is 3.18. The summed E-state index contributed by atoms with van der Waals surface area (Å²) in [4.78, 5) is 10.3. The average Bonchev–Trinajstić information content (AvgIpc) is 1.65. The van der Waals surface area contributed by atoms with E-state index in [0.717, 1.165) is 0 Å². The Bertz CT molecular complexity index is 71.3. The van der Waals surface area contributed by atoms with Gasteiger partial charge in [-0.2, -0.15) is 0 Å². The molecule has 0 aromatic heterocycles. The smallest absolute Gasteiger partial charge is 0.146 e. The molecule has 0 heterocycles. The number of carbonyl (C=O) groups excluding carboxylic acids is 1. The summed E-state index contributed by atoms with van der Waals surface area (Å²) in [6, 6.07) is 0.0139. The number of nitrogens with one attached hydrogen (secondary N) is 1. The molecule has 2 nitrogen and oxygen atoms in total. The first-order valence-corrected chi connectivity index (χ1v) is 2.36. The van der Waals surface area contributed by atoms with E-state index < -0.39 is 0 Å². The van der Waals surface area contributed by atoms with Crippen molar-refractivity contribution < 1.29 is 4.79 Å². The molecule has 9 heavy (non-hydrogen) atoms. The van der Waals surface area contributed by atoms with E-state index in [1.165, 1.54) is 0 Å². The molecule has 1 unspecified atom stereocenters. The van der Waals surface area contributed by atoms with Crippen molar-refractivity contribution >= 4 is 5.78 Å². The van der Waals surface area contributed by atoms with Gasteiger partial charge in [-0.1, -0.05) is 14.9 Å². The van der Waals surface area contributed by atoms with E-state index in [4.69, 9.17) is 0 Å². The van der Waals surface area contributed by atoms with Crippen LogP contribution in [0.3, 0.4) is 0 Å². The second kappa shape index (κ2) is 7.63. The van der Waals surface area contributed by atoms with E-state index in [9.17, 15) is 4.79 Å². The molecule has 0 radical (unpaired) electrons. The molecular weight excluding hydrogens is 114 g/mol. The van der Waals surface area contributed by atoms with Gasteiger partial charge in [0.05, 0.1) is 6.04 Å². The zero-order valence-corrected chi connectivity index (χ0v) is 4.99. The van der Waals surface area contributed by atoms with Crippen LogP contribution in [0.15, 0.2) is 0 Å². The van der Waals surface area contributed by atoms with Crippen molar-refractivity contribution in [1.29, 1.82) is 0 Å². The van der Waals surface area contributed by atoms with E-state index in [0.29, 0.717) is 0 Å². The highest BCUT2D eigenvalue weighted by molar-refractivity contribution is 5.80. The van der Waals surface area contributed by atoms with Gasteiger partial charge in [0.2, 0.25) is 0 Å². The van der Waals surface area contributed by atoms with Crippen LogP contribution in [0.25, 0.3) is 0 Å². The molecule has 0 spiro atoms. The highest BCUT2D eigenvalue weighted by atomic mass is 16.1. The van der Waals surface area contributed by atoms with Gasteiger partial charge in [0.15, 0.2) is 0 Å². The molecule has 1 N–H and O–H groups in total. The topological polar surface area (TPSA) is 29.1 Å². The molecule has 0 saturated carbocycles. The summed E-state index contributed by atoms with van der Waals surface area (Å²) in [5, 5.41) is 2.81. The minimum atomic E-state index is 0. The lowest BCUT2D eigenvalue weighted by Gasteiger charge is -2.01. The number of ketones is 1. The van der Waals surface area contributed by atoms with Crippen LogP contribution >= 0.6 is 0 Å². The van der Waals surface area contributed by atoms with Gasteiger partial charge in [-0.25, -0.2) is 0 Å². The maximum absolute atomic E-state index is 10.3. The molecule has 0 bridgehead atoms. The summed E-state index contributed by atoms with van der Waals surface area (Å²) in [6.45, 7) is 3.41. The number of hydrogen-bond acceptors (Lipinski definition) is 2. The first-order valence-electron chi connectivity index (χ1n) is 2.36. The second-order valence-electron chi connectivity index (χ2n) is 1.62. The van der Waals surface area contributed by atoms with Crippen molar-refractivity contribution in [3.05, 3.63) is 0 Å². The van der Waals surface area contributed by atoms with Crippen LogP contribution in [0.2, 0.25) is 0 Å². The monoisotopic (exact) mass is 133 g/mol. The number of hydrogen-bond donors (Lipinski definition) is 1. The minimum Gasteiger partial charge on any atom is -0.311 e. The van der Waals surface area contributed by atoms with Crippen LogP contribution in [-0.2, 0) is 4.79 Å². The van der Waals surface area contributed by atoms with Crippen LogP contribution in [0.5, 0.6) is 0 Å². The lowest BCUT2D eigenvalue weighted by atomic mass is 10.2. The number of likely N-dealkylation sites (N-methyl/N-ethyl adjacent to an activating group) is 1. The summed E-state index contributed by atoms with van der Waals surface area (Å²) in [7, 11) is 1.77. The fourth-order valence-corrected chi connectivity index (χ4v) is 0.203.